The molecule has 0 bridgehead atoms. The summed E-state index contributed by atoms with van der Waals surface area (Å²) in [4.78, 5) is 0. The van der Waals surface area contributed by atoms with Crippen molar-refractivity contribution in [1.82, 2.24) is 0 Å². The third kappa shape index (κ3) is 6.33. The van der Waals surface area contributed by atoms with Crippen LogP contribution in [0.5, 0.6) is 0 Å². The van der Waals surface area contributed by atoms with Crippen LogP contribution >= 0.6 is 0 Å². The monoisotopic (exact) mass is 338 g/mol. The van der Waals surface area contributed by atoms with Crippen LogP contribution in [0.25, 0.3) is 0 Å². The fourth-order valence-corrected chi connectivity index (χ4v) is 5.09. The molecule has 0 unspecified atom stereocenters. The van der Waals surface area contributed by atoms with Crippen molar-refractivity contribution in [2.75, 3.05) is 52.4 Å². The molecular formula is C22H46N2+2. The lowest BCUT2D eigenvalue weighted by Crippen LogP contribution is -2.49. The molecule has 2 aliphatic heterocycles. The van der Waals surface area contributed by atoms with Crippen LogP contribution in [0.1, 0.15) is 79.1 Å². The summed E-state index contributed by atoms with van der Waals surface area (Å²) in [7, 11) is 0. The smallest absolute Gasteiger partial charge is 0.0789 e. The maximum Gasteiger partial charge on any atom is 0.0789 e. The maximum absolute atomic E-state index is 2.39. The molecule has 0 aromatic carbocycles. The second-order valence-electron chi connectivity index (χ2n) is 9.96. The highest BCUT2D eigenvalue weighted by molar-refractivity contribution is 4.60. The lowest BCUT2D eigenvalue weighted by atomic mass is 10.1. The van der Waals surface area contributed by atoms with Crippen molar-refractivity contribution in [1.29, 1.82) is 0 Å². The van der Waals surface area contributed by atoms with E-state index in [1.54, 1.807) is 0 Å². The molecule has 0 atom stereocenters. The summed E-state index contributed by atoms with van der Waals surface area (Å²) in [5.74, 6) is 1.74. The molecule has 0 N–H and O–H groups in total. The van der Waals surface area contributed by atoms with Crippen LogP contribution in [-0.2, 0) is 0 Å². The highest BCUT2D eigenvalue weighted by Crippen LogP contribution is 2.25. The Morgan fingerprint density at radius 3 is 1.17 bits per heavy atom. The van der Waals surface area contributed by atoms with E-state index in [1.807, 2.05) is 0 Å². The van der Waals surface area contributed by atoms with Gasteiger partial charge in [0, 0.05) is 38.5 Å². The van der Waals surface area contributed by atoms with Crippen molar-refractivity contribution in [2.24, 2.45) is 11.8 Å². The first-order valence-electron chi connectivity index (χ1n) is 11.2. The second kappa shape index (κ2) is 9.57. The standard InChI is InChI=1S/C22H46N2/c1-21(2)11-19-23(13-5-6-14-23)17-9-10-18-24(15-7-8-16-24)20-12-22(3)4/h21-22H,5-20H2,1-4H3/q+2. The summed E-state index contributed by atoms with van der Waals surface area (Å²) < 4.78 is 2.92. The lowest BCUT2D eigenvalue weighted by molar-refractivity contribution is -0.923. The molecule has 0 amide bonds. The van der Waals surface area contributed by atoms with Crippen LogP contribution < -0.4 is 0 Å². The summed E-state index contributed by atoms with van der Waals surface area (Å²) in [6, 6.07) is 0. The molecule has 0 aromatic heterocycles. The highest BCUT2D eigenvalue weighted by Gasteiger charge is 2.33. The number of likely N-dealkylation sites (tertiary alicyclic amines) is 2. The quantitative estimate of drug-likeness (QED) is 0.364. The van der Waals surface area contributed by atoms with E-state index in [9.17, 15) is 0 Å². The summed E-state index contributed by atoms with van der Waals surface area (Å²) in [5, 5.41) is 0. The number of unbranched alkanes of at least 4 members (excludes halogenated alkanes) is 1. The molecule has 2 rings (SSSR count). The molecule has 2 saturated heterocycles. The molecule has 0 radical (unpaired) electrons. The average molecular weight is 339 g/mol. The minimum atomic E-state index is 0.870. The van der Waals surface area contributed by atoms with Crippen LogP contribution in [0, 0.1) is 11.8 Å². The lowest BCUT2D eigenvalue weighted by Gasteiger charge is -2.37. The molecule has 2 heteroatoms. The Kier molecular flexibility index (Phi) is 8.07. The van der Waals surface area contributed by atoms with E-state index in [0.29, 0.717) is 0 Å². The van der Waals surface area contributed by atoms with Crippen molar-refractivity contribution in [3.05, 3.63) is 0 Å². The molecule has 2 fully saturated rings. The van der Waals surface area contributed by atoms with E-state index >= 15 is 0 Å². The number of hydrogen-bond donors (Lipinski definition) is 0. The van der Waals surface area contributed by atoms with Gasteiger partial charge in [0.05, 0.1) is 52.4 Å². The van der Waals surface area contributed by atoms with Gasteiger partial charge in [0.15, 0.2) is 0 Å². The number of nitrogens with zero attached hydrogens (tertiary/aromatic N) is 2. The van der Waals surface area contributed by atoms with Gasteiger partial charge in [-0.3, -0.25) is 0 Å². The van der Waals surface area contributed by atoms with Gasteiger partial charge in [-0.05, 0) is 24.7 Å². The Bertz CT molecular complexity index is 302. The van der Waals surface area contributed by atoms with Crippen molar-refractivity contribution >= 4 is 0 Å². The Hall–Kier alpha value is -0.0800. The Morgan fingerprint density at radius 2 is 0.875 bits per heavy atom. The van der Waals surface area contributed by atoms with Crippen LogP contribution in [-0.4, -0.2) is 61.3 Å². The van der Waals surface area contributed by atoms with E-state index in [-0.39, 0.29) is 0 Å². The van der Waals surface area contributed by atoms with E-state index in [0.717, 1.165) is 11.8 Å². The zero-order chi connectivity index (χ0) is 17.5. The van der Waals surface area contributed by atoms with Crippen LogP contribution in [0.15, 0.2) is 0 Å². The summed E-state index contributed by atoms with van der Waals surface area (Å²) in [5.41, 5.74) is 0. The van der Waals surface area contributed by atoms with Gasteiger partial charge in [-0.25, -0.2) is 0 Å². The predicted molar refractivity (Wildman–Crippen MR) is 106 cm³/mol. The Balaban J connectivity index is 1.74. The topological polar surface area (TPSA) is 0 Å². The molecule has 0 saturated carbocycles. The molecule has 24 heavy (non-hydrogen) atoms. The fraction of sp³-hybridized carbons (Fsp3) is 1.00. The van der Waals surface area contributed by atoms with Gasteiger partial charge in [0.25, 0.3) is 0 Å². The largest absolute Gasteiger partial charge is 0.324 e. The average Bonchev–Trinajstić information content (AvgIpc) is 3.19. The van der Waals surface area contributed by atoms with Gasteiger partial charge >= 0.3 is 0 Å². The minimum absolute atomic E-state index is 0.870. The molecule has 0 aromatic rings. The number of quaternary nitrogens is 2. The van der Waals surface area contributed by atoms with Crippen molar-refractivity contribution in [3.8, 4) is 0 Å². The zero-order valence-corrected chi connectivity index (χ0v) is 17.4. The first-order chi connectivity index (χ1) is 11.5. The van der Waals surface area contributed by atoms with Crippen LogP contribution in [0.2, 0.25) is 0 Å². The van der Waals surface area contributed by atoms with Crippen LogP contribution in [0.4, 0.5) is 0 Å². The van der Waals surface area contributed by atoms with E-state index in [2.05, 4.69) is 27.7 Å². The van der Waals surface area contributed by atoms with E-state index in [1.165, 1.54) is 113 Å². The summed E-state index contributed by atoms with van der Waals surface area (Å²) in [6.07, 6.45) is 11.7. The first-order valence-corrected chi connectivity index (χ1v) is 11.2. The third-order valence-corrected chi connectivity index (χ3v) is 6.91. The number of hydrogen-bond acceptors (Lipinski definition) is 0. The SMILES string of the molecule is CC(C)CC[N+]1(CCCC[N+]2(CCC(C)C)CCCC2)CCCC1. The van der Waals surface area contributed by atoms with Crippen molar-refractivity contribution < 1.29 is 8.97 Å². The van der Waals surface area contributed by atoms with Gasteiger partial charge in [0.2, 0.25) is 0 Å². The molecule has 0 spiro atoms. The van der Waals surface area contributed by atoms with Gasteiger partial charge in [-0.15, -0.1) is 0 Å². The molecule has 2 aliphatic rings. The van der Waals surface area contributed by atoms with Crippen LogP contribution in [0.3, 0.4) is 0 Å². The Morgan fingerprint density at radius 1 is 0.542 bits per heavy atom. The van der Waals surface area contributed by atoms with Gasteiger partial charge in [-0.1, -0.05) is 27.7 Å². The van der Waals surface area contributed by atoms with Gasteiger partial charge in [0.1, 0.15) is 0 Å². The number of rotatable bonds is 11. The molecule has 2 heterocycles. The fourth-order valence-electron chi connectivity index (χ4n) is 5.09. The first kappa shape index (κ1) is 20.2. The normalized spacial score (nSPS) is 22.8. The summed E-state index contributed by atoms with van der Waals surface area (Å²) >= 11 is 0. The molecular weight excluding hydrogens is 292 g/mol. The van der Waals surface area contributed by atoms with Gasteiger partial charge < -0.3 is 8.97 Å². The molecule has 0 aliphatic carbocycles. The van der Waals surface area contributed by atoms with E-state index in [4.69, 9.17) is 0 Å². The maximum atomic E-state index is 2.39. The second-order valence-corrected chi connectivity index (χ2v) is 9.96. The van der Waals surface area contributed by atoms with Crippen molar-refractivity contribution in [2.45, 2.75) is 79.1 Å². The molecule has 2 nitrogen and oxygen atoms in total. The predicted octanol–water partition coefficient (Wildman–Crippen LogP) is 5.08. The van der Waals surface area contributed by atoms with Crippen molar-refractivity contribution in [3.63, 3.8) is 0 Å². The Labute approximate surface area is 152 Å². The third-order valence-electron chi connectivity index (χ3n) is 6.91. The summed E-state index contributed by atoms with van der Waals surface area (Å²) in [6.45, 7) is 21.3. The highest BCUT2D eigenvalue weighted by atomic mass is 15.4. The zero-order valence-electron chi connectivity index (χ0n) is 17.4. The van der Waals surface area contributed by atoms with Gasteiger partial charge in [-0.2, -0.15) is 0 Å². The molecule has 142 valence electrons. The van der Waals surface area contributed by atoms with E-state index < -0.39 is 0 Å². The minimum Gasteiger partial charge on any atom is -0.324 e.